The lowest BCUT2D eigenvalue weighted by Crippen LogP contribution is -2.30. The monoisotopic (exact) mass is 367 g/mol. The van der Waals surface area contributed by atoms with Gasteiger partial charge in [0.2, 0.25) is 5.88 Å². The average molecular weight is 367 g/mol. The molecule has 1 aromatic carbocycles. The van der Waals surface area contributed by atoms with E-state index in [1.54, 1.807) is 4.90 Å². The van der Waals surface area contributed by atoms with E-state index >= 15 is 0 Å². The van der Waals surface area contributed by atoms with Crippen molar-refractivity contribution in [2.24, 2.45) is 0 Å². The summed E-state index contributed by atoms with van der Waals surface area (Å²) in [5, 5.41) is 4.53. The summed E-state index contributed by atoms with van der Waals surface area (Å²) in [6.07, 6.45) is 9.18. The van der Waals surface area contributed by atoms with Crippen molar-refractivity contribution in [2.75, 3.05) is 13.2 Å². The van der Waals surface area contributed by atoms with E-state index in [0.29, 0.717) is 31.1 Å². The van der Waals surface area contributed by atoms with Gasteiger partial charge in [0.05, 0.1) is 12.2 Å². The normalized spacial score (nSPS) is 16.5. The predicted octanol–water partition coefficient (Wildman–Crippen LogP) is 3.72. The molecule has 2 heterocycles. The molecule has 5 nitrogen and oxygen atoms in total. The summed E-state index contributed by atoms with van der Waals surface area (Å²) in [6, 6.07) is 7.60. The molecule has 1 aromatic heterocycles. The fourth-order valence-electron chi connectivity index (χ4n) is 3.39. The van der Waals surface area contributed by atoms with Gasteiger partial charge in [-0.25, -0.2) is 4.39 Å². The SMILES string of the molecule is O=C(c1ccc(F)cc1)N1CCCn2nc(OCC3=CC=CCC3)cc2C1. The number of amides is 1. The Labute approximate surface area is 157 Å². The number of aromatic nitrogens is 2. The smallest absolute Gasteiger partial charge is 0.254 e. The van der Waals surface area contributed by atoms with Crippen LogP contribution in [-0.2, 0) is 13.1 Å². The minimum absolute atomic E-state index is 0.0914. The predicted molar refractivity (Wildman–Crippen MR) is 99.9 cm³/mol. The highest BCUT2D eigenvalue weighted by molar-refractivity contribution is 5.94. The molecule has 0 spiro atoms. The molecule has 0 N–H and O–H groups in total. The number of carbonyl (C=O) groups is 1. The third-order valence-electron chi connectivity index (χ3n) is 4.88. The van der Waals surface area contributed by atoms with Crippen molar-refractivity contribution in [3.63, 3.8) is 0 Å². The molecular weight excluding hydrogens is 345 g/mol. The van der Waals surface area contributed by atoms with Gasteiger partial charge in [0.25, 0.3) is 5.91 Å². The van der Waals surface area contributed by atoms with Crippen LogP contribution in [0.5, 0.6) is 5.88 Å². The Kier molecular flexibility index (Phi) is 5.05. The molecule has 0 atom stereocenters. The average Bonchev–Trinajstić information content (AvgIpc) is 2.97. The lowest BCUT2D eigenvalue weighted by molar-refractivity contribution is 0.0745. The Morgan fingerprint density at radius 3 is 2.85 bits per heavy atom. The third-order valence-corrected chi connectivity index (χ3v) is 4.88. The number of nitrogens with zero attached hydrogens (tertiary/aromatic N) is 3. The van der Waals surface area contributed by atoms with Crippen molar-refractivity contribution >= 4 is 5.91 Å². The Morgan fingerprint density at radius 2 is 2.07 bits per heavy atom. The highest BCUT2D eigenvalue weighted by Crippen LogP contribution is 2.21. The standard InChI is InChI=1S/C21H22FN3O2/c22-18-9-7-17(8-10-18)21(26)24-11-4-12-25-19(14-24)13-20(23-25)27-15-16-5-2-1-3-6-16/h1-2,5,7-10,13H,3-4,6,11-12,14-15H2. The summed E-state index contributed by atoms with van der Waals surface area (Å²) in [5.41, 5.74) is 2.71. The number of carbonyl (C=O) groups excluding carboxylic acids is 1. The second kappa shape index (κ2) is 7.78. The van der Waals surface area contributed by atoms with Crippen LogP contribution in [0.15, 0.2) is 54.1 Å². The van der Waals surface area contributed by atoms with Gasteiger partial charge in [-0.15, -0.1) is 5.10 Å². The Hall–Kier alpha value is -2.89. The van der Waals surface area contributed by atoms with Crippen LogP contribution in [0.4, 0.5) is 4.39 Å². The van der Waals surface area contributed by atoms with E-state index in [2.05, 4.69) is 23.3 Å². The molecular formula is C21H22FN3O2. The van der Waals surface area contributed by atoms with Crippen molar-refractivity contribution in [3.05, 3.63) is 71.2 Å². The molecule has 6 heteroatoms. The highest BCUT2D eigenvalue weighted by Gasteiger charge is 2.22. The molecule has 1 amide bonds. The number of ether oxygens (including phenoxy) is 1. The Bertz CT molecular complexity index is 883. The molecule has 0 radical (unpaired) electrons. The van der Waals surface area contributed by atoms with Gasteiger partial charge in [-0.05, 0) is 49.1 Å². The molecule has 0 saturated heterocycles. The van der Waals surface area contributed by atoms with E-state index in [0.717, 1.165) is 31.5 Å². The molecule has 0 unspecified atom stereocenters. The summed E-state index contributed by atoms with van der Waals surface area (Å²) in [4.78, 5) is 14.5. The van der Waals surface area contributed by atoms with Gasteiger partial charge in [-0.2, -0.15) is 0 Å². The van der Waals surface area contributed by atoms with Crippen LogP contribution in [0.25, 0.3) is 0 Å². The molecule has 2 aliphatic rings. The first kappa shape index (κ1) is 17.5. The maximum Gasteiger partial charge on any atom is 0.254 e. The summed E-state index contributed by atoms with van der Waals surface area (Å²) >= 11 is 0. The number of hydrogen-bond donors (Lipinski definition) is 0. The van der Waals surface area contributed by atoms with E-state index in [9.17, 15) is 9.18 Å². The van der Waals surface area contributed by atoms with Crippen LogP contribution in [0.2, 0.25) is 0 Å². The van der Waals surface area contributed by atoms with Crippen LogP contribution in [0, 0.1) is 5.82 Å². The van der Waals surface area contributed by atoms with E-state index in [-0.39, 0.29) is 11.7 Å². The van der Waals surface area contributed by atoms with Crippen LogP contribution >= 0.6 is 0 Å². The van der Waals surface area contributed by atoms with Gasteiger partial charge in [0.15, 0.2) is 0 Å². The van der Waals surface area contributed by atoms with E-state index < -0.39 is 0 Å². The number of allylic oxidation sites excluding steroid dienone is 3. The number of halogens is 1. The van der Waals surface area contributed by atoms with Crippen molar-refractivity contribution < 1.29 is 13.9 Å². The molecule has 1 aliphatic heterocycles. The fourth-order valence-corrected chi connectivity index (χ4v) is 3.39. The van der Waals surface area contributed by atoms with E-state index in [1.807, 2.05) is 10.7 Å². The summed E-state index contributed by atoms with van der Waals surface area (Å²) in [7, 11) is 0. The zero-order valence-corrected chi connectivity index (χ0v) is 15.1. The van der Waals surface area contributed by atoms with Crippen molar-refractivity contribution in [3.8, 4) is 5.88 Å². The maximum atomic E-state index is 13.1. The van der Waals surface area contributed by atoms with Gasteiger partial charge in [0.1, 0.15) is 12.4 Å². The minimum Gasteiger partial charge on any atom is -0.472 e. The minimum atomic E-state index is -0.342. The quantitative estimate of drug-likeness (QED) is 0.827. The summed E-state index contributed by atoms with van der Waals surface area (Å²) in [6.45, 7) is 2.41. The first-order chi connectivity index (χ1) is 13.2. The van der Waals surface area contributed by atoms with Gasteiger partial charge >= 0.3 is 0 Å². The van der Waals surface area contributed by atoms with Gasteiger partial charge in [-0.3, -0.25) is 9.48 Å². The Balaban J connectivity index is 1.44. The number of benzene rings is 1. The van der Waals surface area contributed by atoms with Gasteiger partial charge in [0, 0.05) is 24.7 Å². The summed E-state index contributed by atoms with van der Waals surface area (Å²) < 4.78 is 20.9. The van der Waals surface area contributed by atoms with E-state index in [1.165, 1.54) is 29.8 Å². The molecule has 2 aromatic rings. The Morgan fingerprint density at radius 1 is 1.22 bits per heavy atom. The molecule has 140 valence electrons. The van der Waals surface area contributed by atoms with Crippen molar-refractivity contribution in [1.82, 2.24) is 14.7 Å². The third kappa shape index (κ3) is 4.10. The maximum absolute atomic E-state index is 13.1. The van der Waals surface area contributed by atoms with Crippen LogP contribution in [0.1, 0.15) is 35.3 Å². The number of fused-ring (bicyclic) bond motifs is 1. The lowest BCUT2D eigenvalue weighted by atomic mass is 10.1. The van der Waals surface area contributed by atoms with Gasteiger partial charge in [-0.1, -0.05) is 18.2 Å². The number of hydrogen-bond acceptors (Lipinski definition) is 3. The van der Waals surface area contributed by atoms with Crippen LogP contribution < -0.4 is 4.74 Å². The topological polar surface area (TPSA) is 47.4 Å². The summed E-state index contributed by atoms with van der Waals surface area (Å²) in [5.74, 6) is 0.161. The second-order valence-corrected chi connectivity index (χ2v) is 6.86. The van der Waals surface area contributed by atoms with Crippen molar-refractivity contribution in [2.45, 2.75) is 32.4 Å². The molecule has 0 saturated carbocycles. The van der Waals surface area contributed by atoms with Crippen LogP contribution in [-0.4, -0.2) is 33.7 Å². The molecule has 27 heavy (non-hydrogen) atoms. The molecule has 0 fully saturated rings. The van der Waals surface area contributed by atoms with Crippen LogP contribution in [0.3, 0.4) is 0 Å². The number of rotatable bonds is 4. The van der Waals surface area contributed by atoms with Gasteiger partial charge < -0.3 is 9.64 Å². The largest absolute Gasteiger partial charge is 0.472 e. The zero-order chi connectivity index (χ0) is 18.6. The first-order valence-electron chi connectivity index (χ1n) is 9.28. The van der Waals surface area contributed by atoms with E-state index in [4.69, 9.17) is 4.74 Å². The zero-order valence-electron chi connectivity index (χ0n) is 15.1. The highest BCUT2D eigenvalue weighted by atomic mass is 19.1. The fraction of sp³-hybridized carbons (Fsp3) is 0.333. The molecule has 4 rings (SSSR count). The first-order valence-corrected chi connectivity index (χ1v) is 9.28. The number of aryl methyl sites for hydroxylation is 1. The van der Waals surface area contributed by atoms with Crippen molar-refractivity contribution in [1.29, 1.82) is 0 Å². The molecule has 1 aliphatic carbocycles. The second-order valence-electron chi connectivity index (χ2n) is 6.86. The lowest BCUT2D eigenvalue weighted by Gasteiger charge is -2.20. The molecule has 0 bridgehead atoms.